The molecule has 0 saturated carbocycles. The van der Waals surface area contributed by atoms with Crippen LogP contribution in [0.2, 0.25) is 0 Å². The highest BCUT2D eigenvalue weighted by molar-refractivity contribution is 7.90. The van der Waals surface area contributed by atoms with Gasteiger partial charge in [0.15, 0.2) is 9.84 Å². The number of rotatable bonds is 7. The van der Waals surface area contributed by atoms with E-state index in [-0.39, 0.29) is 53.8 Å². The van der Waals surface area contributed by atoms with Gasteiger partial charge in [0.05, 0.1) is 22.5 Å². The van der Waals surface area contributed by atoms with Gasteiger partial charge in [-0.25, -0.2) is 8.42 Å². The van der Waals surface area contributed by atoms with Gasteiger partial charge in [-0.1, -0.05) is 0 Å². The highest BCUT2D eigenvalue weighted by Gasteiger charge is 2.27. The van der Waals surface area contributed by atoms with Crippen LogP contribution in [0.25, 0.3) is 0 Å². The summed E-state index contributed by atoms with van der Waals surface area (Å²) >= 11 is 0. The van der Waals surface area contributed by atoms with Crippen LogP contribution >= 0.6 is 12.4 Å². The van der Waals surface area contributed by atoms with E-state index < -0.39 is 20.8 Å². The Balaban J connectivity index is 0.00000364. The highest BCUT2D eigenvalue weighted by atomic mass is 35.5. The molecule has 1 aromatic carbocycles. The average molecular weight is 423 g/mol. The van der Waals surface area contributed by atoms with Gasteiger partial charge in [0, 0.05) is 32.0 Å². The first-order chi connectivity index (χ1) is 12.2. The van der Waals surface area contributed by atoms with E-state index in [1.54, 1.807) is 6.92 Å². The van der Waals surface area contributed by atoms with E-state index >= 15 is 0 Å². The van der Waals surface area contributed by atoms with E-state index in [9.17, 15) is 23.3 Å². The van der Waals surface area contributed by atoms with Crippen molar-refractivity contribution < 1.29 is 22.9 Å². The number of nitrogens with zero attached hydrogens (tertiary/aromatic N) is 1. The Labute approximate surface area is 163 Å². The Bertz CT molecular complexity index is 789. The molecule has 12 heteroatoms. The van der Waals surface area contributed by atoms with Gasteiger partial charge < -0.3 is 20.7 Å². The van der Waals surface area contributed by atoms with Crippen molar-refractivity contribution in [2.45, 2.75) is 24.0 Å². The monoisotopic (exact) mass is 422 g/mol. The van der Waals surface area contributed by atoms with E-state index in [2.05, 4.69) is 16.0 Å². The summed E-state index contributed by atoms with van der Waals surface area (Å²) in [5.41, 5.74) is -0.153. The number of nitrogens with one attached hydrogen (secondary N) is 3. The zero-order valence-electron chi connectivity index (χ0n) is 14.9. The lowest BCUT2D eigenvalue weighted by Gasteiger charge is -2.29. The van der Waals surface area contributed by atoms with Crippen LogP contribution in [0, 0.1) is 10.1 Å². The number of halogens is 1. The van der Waals surface area contributed by atoms with E-state index in [1.807, 2.05) is 0 Å². The molecule has 27 heavy (non-hydrogen) atoms. The van der Waals surface area contributed by atoms with Crippen molar-refractivity contribution in [3.8, 4) is 0 Å². The number of anilines is 1. The molecule has 1 fully saturated rings. The number of morpholine rings is 1. The summed E-state index contributed by atoms with van der Waals surface area (Å²) in [7, 11) is -3.54. The van der Waals surface area contributed by atoms with Crippen molar-refractivity contribution in [3.63, 3.8) is 0 Å². The number of nitro groups is 1. The molecule has 1 heterocycles. The molecular formula is C15H23ClN4O6S. The van der Waals surface area contributed by atoms with Gasteiger partial charge >= 0.3 is 0 Å². The lowest BCUT2D eigenvalue weighted by atomic mass is 10.1. The molecule has 0 aromatic heterocycles. The maximum absolute atomic E-state index is 12.1. The minimum Gasteiger partial charge on any atom is -0.378 e. The first-order valence-electron chi connectivity index (χ1n) is 8.05. The zero-order valence-corrected chi connectivity index (χ0v) is 16.6. The van der Waals surface area contributed by atoms with Gasteiger partial charge in [0.2, 0.25) is 5.91 Å². The molecule has 1 amide bonds. The summed E-state index contributed by atoms with van der Waals surface area (Å²) in [6.07, 6.45) is 0.750. The second kappa shape index (κ2) is 9.83. The molecule has 152 valence electrons. The summed E-state index contributed by atoms with van der Waals surface area (Å²) in [5.74, 6) is -0.207. The van der Waals surface area contributed by atoms with Gasteiger partial charge in [-0.2, -0.15) is 0 Å². The molecule has 2 rings (SSSR count). The Morgan fingerprint density at radius 1 is 1.41 bits per heavy atom. The van der Waals surface area contributed by atoms with E-state index in [0.717, 1.165) is 12.3 Å². The minimum absolute atomic E-state index is 0. The van der Waals surface area contributed by atoms with E-state index in [1.165, 1.54) is 12.1 Å². The summed E-state index contributed by atoms with van der Waals surface area (Å²) in [4.78, 5) is 22.5. The summed E-state index contributed by atoms with van der Waals surface area (Å²) in [6, 6.07) is 3.22. The van der Waals surface area contributed by atoms with Gasteiger partial charge in [-0.3, -0.25) is 14.9 Å². The number of carbonyl (C=O) groups excluding carboxylic acids is 1. The zero-order chi connectivity index (χ0) is 19.3. The quantitative estimate of drug-likeness (QED) is 0.324. The van der Waals surface area contributed by atoms with Crippen molar-refractivity contribution in [2.24, 2.45) is 0 Å². The first kappa shape index (κ1) is 23.1. The fourth-order valence-corrected chi connectivity index (χ4v) is 3.20. The Morgan fingerprint density at radius 2 is 2.11 bits per heavy atom. The second-order valence-electron chi connectivity index (χ2n) is 5.93. The standard InChI is InChI=1S/C15H22N4O6S.ClH/c1-10-14(17-7-8-25-10)15(20)18-6-5-16-12-4-3-11(26(2,23)24)9-13(12)19(21)22;/h3-4,9-10,14,16-17H,5-8H2,1-2H3,(H,18,20);1H/t10-,14+;/m1./s1. The van der Waals surface area contributed by atoms with Gasteiger partial charge in [-0.05, 0) is 19.1 Å². The molecule has 10 nitrogen and oxygen atoms in total. The third-order valence-corrected chi connectivity index (χ3v) is 5.04. The fourth-order valence-electron chi connectivity index (χ4n) is 2.56. The van der Waals surface area contributed by atoms with Crippen molar-refractivity contribution in [2.75, 3.05) is 37.8 Å². The topological polar surface area (TPSA) is 140 Å². The van der Waals surface area contributed by atoms with Crippen molar-refractivity contribution >= 4 is 39.5 Å². The molecule has 0 spiro atoms. The summed E-state index contributed by atoms with van der Waals surface area (Å²) < 4.78 is 28.5. The highest BCUT2D eigenvalue weighted by Crippen LogP contribution is 2.27. The van der Waals surface area contributed by atoms with Crippen LogP contribution in [0.3, 0.4) is 0 Å². The van der Waals surface area contributed by atoms with Crippen LogP contribution in [-0.2, 0) is 19.4 Å². The summed E-state index contributed by atoms with van der Waals surface area (Å²) in [5, 5.41) is 19.8. The molecule has 0 unspecified atom stereocenters. The Morgan fingerprint density at radius 3 is 2.70 bits per heavy atom. The van der Waals surface area contributed by atoms with Crippen molar-refractivity contribution in [1.29, 1.82) is 0 Å². The fraction of sp³-hybridized carbons (Fsp3) is 0.533. The largest absolute Gasteiger partial charge is 0.378 e. The van der Waals surface area contributed by atoms with Crippen LogP contribution < -0.4 is 16.0 Å². The molecule has 0 bridgehead atoms. The Kier molecular flexibility index (Phi) is 8.41. The number of ether oxygens (including phenoxy) is 1. The molecule has 1 aliphatic rings. The molecule has 1 aromatic rings. The molecule has 1 saturated heterocycles. The third kappa shape index (κ3) is 6.31. The molecular weight excluding hydrogens is 400 g/mol. The normalized spacial score (nSPS) is 19.6. The SMILES string of the molecule is C[C@H]1OCCN[C@@H]1C(=O)NCCNc1ccc(S(C)(=O)=O)cc1[N+](=O)[O-].Cl. The van der Waals surface area contributed by atoms with Gasteiger partial charge in [0.1, 0.15) is 11.7 Å². The maximum atomic E-state index is 12.1. The second-order valence-corrected chi connectivity index (χ2v) is 7.95. The predicted molar refractivity (Wildman–Crippen MR) is 102 cm³/mol. The minimum atomic E-state index is -3.54. The number of hydrogen-bond donors (Lipinski definition) is 3. The van der Waals surface area contributed by atoms with Crippen LogP contribution in [0.5, 0.6) is 0 Å². The third-order valence-electron chi connectivity index (χ3n) is 3.93. The Hall–Kier alpha value is -1.95. The number of sulfone groups is 1. The maximum Gasteiger partial charge on any atom is 0.293 e. The number of hydrogen-bond acceptors (Lipinski definition) is 8. The van der Waals surface area contributed by atoms with E-state index in [0.29, 0.717) is 13.2 Å². The van der Waals surface area contributed by atoms with Crippen LogP contribution in [0.15, 0.2) is 23.1 Å². The lowest BCUT2D eigenvalue weighted by molar-refractivity contribution is -0.384. The molecule has 2 atom stereocenters. The molecule has 0 aliphatic carbocycles. The van der Waals surface area contributed by atoms with Gasteiger partial charge in [-0.15, -0.1) is 12.4 Å². The predicted octanol–water partition coefficient (Wildman–Crippen LogP) is 0.325. The molecule has 0 radical (unpaired) electrons. The lowest BCUT2D eigenvalue weighted by Crippen LogP contribution is -2.55. The number of nitro benzene ring substituents is 1. The number of benzene rings is 1. The van der Waals surface area contributed by atoms with E-state index in [4.69, 9.17) is 4.74 Å². The smallest absolute Gasteiger partial charge is 0.293 e. The molecule has 1 aliphatic heterocycles. The number of amides is 1. The van der Waals surface area contributed by atoms with Crippen LogP contribution in [0.1, 0.15) is 6.92 Å². The van der Waals surface area contributed by atoms with Crippen LogP contribution in [0.4, 0.5) is 11.4 Å². The molecule has 3 N–H and O–H groups in total. The first-order valence-corrected chi connectivity index (χ1v) is 9.94. The number of carbonyl (C=O) groups is 1. The van der Waals surface area contributed by atoms with Gasteiger partial charge in [0.25, 0.3) is 5.69 Å². The van der Waals surface area contributed by atoms with Crippen molar-refractivity contribution in [1.82, 2.24) is 10.6 Å². The summed E-state index contributed by atoms with van der Waals surface area (Å²) in [6.45, 7) is 3.45. The van der Waals surface area contributed by atoms with Crippen molar-refractivity contribution in [3.05, 3.63) is 28.3 Å². The average Bonchev–Trinajstić information content (AvgIpc) is 2.58. The van der Waals surface area contributed by atoms with Crippen LogP contribution in [-0.4, -0.2) is 63.9 Å².